The number of piperazine rings is 1. The Kier molecular flexibility index (Phi) is 7.44. The maximum atomic E-state index is 12.6. The van der Waals surface area contributed by atoms with Crippen LogP contribution in [0.15, 0.2) is 24.3 Å². The Morgan fingerprint density at radius 1 is 1.04 bits per heavy atom. The van der Waals surface area contributed by atoms with Gasteiger partial charge in [0.1, 0.15) is 0 Å². The number of nitrogens with two attached hydrogens (primary N) is 1. The first-order valence-electron chi connectivity index (χ1n) is 8.66. The lowest BCUT2D eigenvalue weighted by Crippen LogP contribution is -2.56. The molecule has 1 atom stereocenters. The molecule has 1 saturated heterocycles. The average Bonchev–Trinajstić information content (AvgIpc) is 2.59. The second-order valence-corrected chi connectivity index (χ2v) is 7.51. The van der Waals surface area contributed by atoms with Crippen LogP contribution in [0.1, 0.15) is 43.6 Å². The summed E-state index contributed by atoms with van der Waals surface area (Å²) in [4.78, 5) is 28.6. The van der Waals surface area contributed by atoms with E-state index in [9.17, 15) is 9.59 Å². The highest BCUT2D eigenvalue weighted by molar-refractivity contribution is 5.94. The molecule has 1 aliphatic rings. The van der Waals surface area contributed by atoms with Crippen molar-refractivity contribution in [1.29, 1.82) is 0 Å². The van der Waals surface area contributed by atoms with Crippen LogP contribution in [0, 0.1) is 5.41 Å². The van der Waals surface area contributed by atoms with Crippen molar-refractivity contribution in [3.05, 3.63) is 35.4 Å². The topological polar surface area (TPSA) is 66.6 Å². The predicted molar refractivity (Wildman–Crippen MR) is 103 cm³/mol. The first-order valence-corrected chi connectivity index (χ1v) is 8.66. The molecular formula is C19H30ClN3O2. The third-order valence-corrected chi connectivity index (χ3v) is 4.69. The molecule has 2 amide bonds. The fourth-order valence-corrected chi connectivity index (χ4v) is 2.76. The van der Waals surface area contributed by atoms with E-state index in [1.54, 1.807) is 4.90 Å². The SMILES string of the molecule is CCc1ccc(C(=O)N2CCN(C(=O)[C@@H](N)C(C)(C)C)CC2)cc1.Cl. The zero-order chi connectivity index (χ0) is 17.9. The summed E-state index contributed by atoms with van der Waals surface area (Å²) in [7, 11) is 0. The molecule has 1 fully saturated rings. The highest BCUT2D eigenvalue weighted by Gasteiger charge is 2.33. The van der Waals surface area contributed by atoms with Crippen LogP contribution in [0.25, 0.3) is 0 Å². The Morgan fingerprint density at radius 3 is 1.96 bits per heavy atom. The maximum Gasteiger partial charge on any atom is 0.253 e. The first kappa shape index (κ1) is 21.5. The van der Waals surface area contributed by atoms with Crippen LogP contribution in [0.2, 0.25) is 0 Å². The number of hydrogen-bond donors (Lipinski definition) is 1. The highest BCUT2D eigenvalue weighted by Crippen LogP contribution is 2.20. The Bertz CT molecular complexity index is 588. The normalized spacial score (nSPS) is 16.2. The van der Waals surface area contributed by atoms with Crippen LogP contribution in [0.3, 0.4) is 0 Å². The summed E-state index contributed by atoms with van der Waals surface area (Å²) in [5.74, 6) is 0.00627. The Labute approximate surface area is 157 Å². The van der Waals surface area contributed by atoms with Gasteiger partial charge in [0.25, 0.3) is 5.91 Å². The van der Waals surface area contributed by atoms with Gasteiger partial charge in [-0.05, 0) is 29.5 Å². The van der Waals surface area contributed by atoms with Crippen LogP contribution in [-0.2, 0) is 11.2 Å². The lowest BCUT2D eigenvalue weighted by molar-refractivity contribution is -0.136. The van der Waals surface area contributed by atoms with Crippen LogP contribution < -0.4 is 5.73 Å². The maximum absolute atomic E-state index is 12.6. The van der Waals surface area contributed by atoms with E-state index in [1.165, 1.54) is 5.56 Å². The Balaban J connectivity index is 0.00000312. The number of benzene rings is 1. The number of carbonyl (C=O) groups is 2. The third-order valence-electron chi connectivity index (χ3n) is 4.69. The molecule has 0 radical (unpaired) electrons. The molecule has 0 bridgehead atoms. The van der Waals surface area contributed by atoms with Gasteiger partial charge in [-0.2, -0.15) is 0 Å². The second-order valence-electron chi connectivity index (χ2n) is 7.51. The van der Waals surface area contributed by atoms with Gasteiger partial charge in [0, 0.05) is 31.7 Å². The van der Waals surface area contributed by atoms with Gasteiger partial charge in [-0.3, -0.25) is 9.59 Å². The van der Waals surface area contributed by atoms with Crippen LogP contribution in [0.4, 0.5) is 0 Å². The third kappa shape index (κ3) is 5.19. The van der Waals surface area contributed by atoms with Gasteiger partial charge in [-0.1, -0.05) is 39.8 Å². The van der Waals surface area contributed by atoms with Gasteiger partial charge >= 0.3 is 0 Å². The van der Waals surface area contributed by atoms with Gasteiger partial charge in [-0.15, -0.1) is 12.4 Å². The molecule has 1 aromatic carbocycles. The van der Waals surface area contributed by atoms with Crippen LogP contribution >= 0.6 is 12.4 Å². The fraction of sp³-hybridized carbons (Fsp3) is 0.579. The number of hydrogen-bond acceptors (Lipinski definition) is 3. The number of carbonyl (C=O) groups excluding carboxylic acids is 2. The van der Waals surface area contributed by atoms with E-state index in [-0.39, 0.29) is 29.6 Å². The molecule has 140 valence electrons. The summed E-state index contributed by atoms with van der Waals surface area (Å²) >= 11 is 0. The summed E-state index contributed by atoms with van der Waals surface area (Å²) in [6.45, 7) is 10.2. The number of aryl methyl sites for hydroxylation is 1. The molecule has 1 heterocycles. The van der Waals surface area contributed by atoms with Gasteiger partial charge in [0.2, 0.25) is 5.91 Å². The monoisotopic (exact) mass is 367 g/mol. The van der Waals surface area contributed by atoms with E-state index >= 15 is 0 Å². The molecule has 0 aromatic heterocycles. The minimum absolute atomic E-state index is 0. The van der Waals surface area contributed by atoms with Gasteiger partial charge in [0.15, 0.2) is 0 Å². The molecule has 6 heteroatoms. The number of halogens is 1. The molecule has 5 nitrogen and oxygen atoms in total. The molecule has 25 heavy (non-hydrogen) atoms. The van der Waals surface area contributed by atoms with Crippen molar-refractivity contribution in [3.8, 4) is 0 Å². The van der Waals surface area contributed by atoms with E-state index in [0.717, 1.165) is 6.42 Å². The Morgan fingerprint density at radius 2 is 1.52 bits per heavy atom. The molecule has 2 rings (SSSR count). The number of rotatable bonds is 3. The fourth-order valence-electron chi connectivity index (χ4n) is 2.76. The molecule has 1 aliphatic heterocycles. The quantitative estimate of drug-likeness (QED) is 0.891. The van der Waals surface area contributed by atoms with E-state index in [1.807, 2.05) is 49.9 Å². The molecule has 0 spiro atoms. The lowest BCUT2D eigenvalue weighted by Gasteiger charge is -2.38. The number of nitrogens with zero attached hydrogens (tertiary/aromatic N) is 2. The van der Waals surface area contributed by atoms with E-state index < -0.39 is 6.04 Å². The highest BCUT2D eigenvalue weighted by atomic mass is 35.5. The zero-order valence-electron chi connectivity index (χ0n) is 15.6. The minimum atomic E-state index is -0.513. The standard InChI is InChI=1S/C19H29N3O2.ClH/c1-5-14-6-8-15(9-7-14)17(23)21-10-12-22(13-11-21)18(24)16(20)19(2,3)4;/h6-9,16H,5,10-13,20H2,1-4H3;1H/t16-;/m1./s1. The van der Waals surface area contributed by atoms with Crippen molar-refractivity contribution in [2.45, 2.75) is 40.2 Å². The van der Waals surface area contributed by atoms with Crippen molar-refractivity contribution in [3.63, 3.8) is 0 Å². The largest absolute Gasteiger partial charge is 0.338 e. The molecule has 0 unspecified atom stereocenters. The molecule has 2 N–H and O–H groups in total. The van der Waals surface area contributed by atoms with Crippen molar-refractivity contribution >= 4 is 24.2 Å². The van der Waals surface area contributed by atoms with E-state index in [4.69, 9.17) is 5.73 Å². The van der Waals surface area contributed by atoms with Crippen molar-refractivity contribution < 1.29 is 9.59 Å². The summed E-state index contributed by atoms with van der Waals surface area (Å²) in [6, 6.07) is 7.24. The van der Waals surface area contributed by atoms with E-state index in [2.05, 4.69) is 6.92 Å². The lowest BCUT2D eigenvalue weighted by atomic mass is 9.86. The predicted octanol–water partition coefficient (Wildman–Crippen LogP) is 2.33. The molecular weight excluding hydrogens is 338 g/mol. The first-order chi connectivity index (χ1) is 11.2. The van der Waals surface area contributed by atoms with Crippen molar-refractivity contribution in [1.82, 2.24) is 9.80 Å². The average molecular weight is 368 g/mol. The molecule has 0 aliphatic carbocycles. The van der Waals surface area contributed by atoms with Crippen LogP contribution in [0.5, 0.6) is 0 Å². The van der Waals surface area contributed by atoms with Crippen molar-refractivity contribution in [2.75, 3.05) is 26.2 Å². The van der Waals surface area contributed by atoms with Crippen molar-refractivity contribution in [2.24, 2.45) is 11.1 Å². The summed E-state index contributed by atoms with van der Waals surface area (Å²) in [5.41, 5.74) is 7.73. The zero-order valence-corrected chi connectivity index (χ0v) is 16.4. The van der Waals surface area contributed by atoms with Gasteiger partial charge in [0.05, 0.1) is 6.04 Å². The second kappa shape index (κ2) is 8.68. The van der Waals surface area contributed by atoms with Gasteiger partial charge in [-0.25, -0.2) is 0 Å². The smallest absolute Gasteiger partial charge is 0.253 e. The minimum Gasteiger partial charge on any atom is -0.338 e. The number of amides is 2. The van der Waals surface area contributed by atoms with Crippen LogP contribution in [-0.4, -0.2) is 53.8 Å². The summed E-state index contributed by atoms with van der Waals surface area (Å²) in [5, 5.41) is 0. The summed E-state index contributed by atoms with van der Waals surface area (Å²) in [6.07, 6.45) is 0.962. The Hall–Kier alpha value is -1.59. The van der Waals surface area contributed by atoms with E-state index in [0.29, 0.717) is 31.7 Å². The summed E-state index contributed by atoms with van der Waals surface area (Å²) < 4.78 is 0. The van der Waals surface area contributed by atoms with Gasteiger partial charge < -0.3 is 15.5 Å². The molecule has 1 aromatic rings. The molecule has 0 saturated carbocycles.